The highest BCUT2D eigenvalue weighted by Crippen LogP contribution is 2.40. The van der Waals surface area contributed by atoms with Crippen molar-refractivity contribution in [3.63, 3.8) is 0 Å². The van der Waals surface area contributed by atoms with Gasteiger partial charge in [-0.3, -0.25) is 9.59 Å². The summed E-state index contributed by atoms with van der Waals surface area (Å²) in [6.07, 6.45) is 2.95. The first kappa shape index (κ1) is 23.2. The Morgan fingerprint density at radius 3 is 2.21 bits per heavy atom. The van der Waals surface area contributed by atoms with Crippen LogP contribution in [0.4, 0.5) is 17.6 Å². The third-order valence-corrected chi connectivity index (χ3v) is 6.71. The Bertz CT molecular complexity index is 1030. The summed E-state index contributed by atoms with van der Waals surface area (Å²) < 4.78 is 53.7. The van der Waals surface area contributed by atoms with Crippen molar-refractivity contribution in [2.24, 2.45) is 11.7 Å². The number of hydrogen-bond acceptors (Lipinski definition) is 3. The largest absolute Gasteiger partial charge is 0.343 e. The molecular weight excluding hydrogens is 438 g/mol. The molecule has 2 aliphatic rings. The predicted octanol–water partition coefficient (Wildman–Crippen LogP) is 3.31. The summed E-state index contributed by atoms with van der Waals surface area (Å²) >= 11 is 0. The number of halogens is 4. The standard InChI is InChI=1S/C24H25F4N3O2/c25-16-3-1-13(2-4-16)24(33)30-12-23(32)31-17-5-6-18(31)8-15(7-17)22(29)10-14-9-20(27)21(28)11-19(14)26/h1-4,9,11,15,17-18,22H,5-8,10,12,29H2,(H,30,33)/t15-,17-,18+,22-/m1/s1. The number of carbonyl (C=O) groups excluding carboxylic acids is 2. The first-order chi connectivity index (χ1) is 15.7. The molecule has 4 rings (SSSR count). The summed E-state index contributed by atoms with van der Waals surface area (Å²) in [4.78, 5) is 26.8. The monoisotopic (exact) mass is 463 g/mol. The summed E-state index contributed by atoms with van der Waals surface area (Å²) in [5, 5.41) is 2.58. The molecule has 2 fully saturated rings. The Kier molecular flexibility index (Phi) is 6.69. The van der Waals surface area contributed by atoms with E-state index in [-0.39, 0.29) is 48.0 Å². The summed E-state index contributed by atoms with van der Waals surface area (Å²) in [6.45, 7) is -0.167. The van der Waals surface area contributed by atoms with Crippen LogP contribution >= 0.6 is 0 Å². The van der Waals surface area contributed by atoms with Gasteiger partial charge in [0.15, 0.2) is 11.6 Å². The molecule has 2 amide bonds. The average Bonchev–Trinajstić information content (AvgIpc) is 3.05. The number of rotatable bonds is 6. The molecule has 2 bridgehead atoms. The van der Waals surface area contributed by atoms with Gasteiger partial charge in [-0.25, -0.2) is 17.6 Å². The van der Waals surface area contributed by atoms with Crippen molar-refractivity contribution in [1.82, 2.24) is 10.2 Å². The number of benzene rings is 2. The number of nitrogens with zero attached hydrogens (tertiary/aromatic N) is 1. The van der Waals surface area contributed by atoms with E-state index in [9.17, 15) is 27.2 Å². The normalized spacial score (nSPS) is 22.8. The SMILES string of the molecule is N[C@H](Cc1cc(F)c(F)cc1F)[C@@H]1C[C@H]2CC[C@@H](C1)N2C(=O)CNC(=O)c1ccc(F)cc1. The molecule has 0 unspecified atom stereocenters. The van der Waals surface area contributed by atoms with Gasteiger partial charge in [0.05, 0.1) is 6.54 Å². The van der Waals surface area contributed by atoms with Gasteiger partial charge in [-0.15, -0.1) is 0 Å². The van der Waals surface area contributed by atoms with Crippen LogP contribution in [0.25, 0.3) is 0 Å². The minimum Gasteiger partial charge on any atom is -0.343 e. The summed E-state index contributed by atoms with van der Waals surface area (Å²) in [6, 6.07) is 5.90. The molecule has 0 spiro atoms. The van der Waals surface area contributed by atoms with E-state index in [0.717, 1.165) is 18.9 Å². The zero-order valence-electron chi connectivity index (χ0n) is 17.9. The van der Waals surface area contributed by atoms with Crippen LogP contribution in [0.15, 0.2) is 36.4 Å². The van der Waals surface area contributed by atoms with Crippen LogP contribution in [-0.2, 0) is 11.2 Å². The Hall–Kier alpha value is -2.94. The number of carbonyl (C=O) groups is 2. The van der Waals surface area contributed by atoms with Gasteiger partial charge >= 0.3 is 0 Å². The van der Waals surface area contributed by atoms with Crippen LogP contribution in [0.2, 0.25) is 0 Å². The number of fused-ring (bicyclic) bond motifs is 2. The smallest absolute Gasteiger partial charge is 0.251 e. The average molecular weight is 463 g/mol. The molecular formula is C24H25F4N3O2. The molecule has 3 N–H and O–H groups in total. The van der Waals surface area contributed by atoms with Gasteiger partial charge in [0.2, 0.25) is 5.91 Å². The molecule has 176 valence electrons. The van der Waals surface area contributed by atoms with Crippen molar-refractivity contribution >= 4 is 11.8 Å². The van der Waals surface area contributed by atoms with Gasteiger partial charge in [-0.05, 0) is 73.9 Å². The van der Waals surface area contributed by atoms with E-state index in [1.807, 2.05) is 0 Å². The summed E-state index contributed by atoms with van der Waals surface area (Å²) in [5.74, 6) is -4.27. The highest BCUT2D eigenvalue weighted by molar-refractivity contribution is 5.96. The van der Waals surface area contributed by atoms with Crippen LogP contribution in [0, 0.1) is 29.2 Å². The van der Waals surface area contributed by atoms with Crippen LogP contribution in [0.3, 0.4) is 0 Å². The third kappa shape index (κ3) is 5.03. The van der Waals surface area contributed by atoms with Crippen molar-refractivity contribution in [3.05, 3.63) is 70.8 Å². The van der Waals surface area contributed by atoms with Crippen molar-refractivity contribution in [3.8, 4) is 0 Å². The Labute approximate surface area is 188 Å². The number of nitrogens with one attached hydrogen (secondary N) is 1. The lowest BCUT2D eigenvalue weighted by Gasteiger charge is -2.41. The van der Waals surface area contributed by atoms with Crippen LogP contribution in [0.5, 0.6) is 0 Å². The van der Waals surface area contributed by atoms with Crippen molar-refractivity contribution in [1.29, 1.82) is 0 Å². The Morgan fingerprint density at radius 2 is 1.58 bits per heavy atom. The number of amides is 2. The minimum absolute atomic E-state index is 0.00729. The van der Waals surface area contributed by atoms with E-state index in [4.69, 9.17) is 5.73 Å². The molecule has 5 nitrogen and oxygen atoms in total. The zero-order chi connectivity index (χ0) is 23.7. The molecule has 0 aliphatic carbocycles. The molecule has 9 heteroatoms. The minimum atomic E-state index is -1.23. The fourth-order valence-electron chi connectivity index (χ4n) is 5.07. The number of hydrogen-bond donors (Lipinski definition) is 2. The molecule has 33 heavy (non-hydrogen) atoms. The molecule has 2 saturated heterocycles. The summed E-state index contributed by atoms with van der Waals surface area (Å²) in [5.41, 5.74) is 6.62. The van der Waals surface area contributed by atoms with Crippen molar-refractivity contribution < 1.29 is 27.2 Å². The van der Waals surface area contributed by atoms with Crippen molar-refractivity contribution in [2.75, 3.05) is 6.54 Å². The second-order valence-corrected chi connectivity index (χ2v) is 8.83. The van der Waals surface area contributed by atoms with Gasteiger partial charge in [0, 0.05) is 29.8 Å². The fraction of sp³-hybridized carbons (Fsp3) is 0.417. The lowest BCUT2D eigenvalue weighted by molar-refractivity contribution is -0.135. The van der Waals surface area contributed by atoms with E-state index in [1.165, 1.54) is 24.3 Å². The van der Waals surface area contributed by atoms with Gasteiger partial charge < -0.3 is 16.0 Å². The Balaban J connectivity index is 1.34. The quantitative estimate of drug-likeness (QED) is 0.510. The molecule has 4 atom stereocenters. The molecule has 0 saturated carbocycles. The van der Waals surface area contributed by atoms with Gasteiger partial charge in [-0.1, -0.05) is 0 Å². The molecule has 0 radical (unpaired) electrons. The lowest BCUT2D eigenvalue weighted by Crippen LogP contribution is -2.52. The van der Waals surface area contributed by atoms with Gasteiger partial charge in [-0.2, -0.15) is 0 Å². The highest BCUT2D eigenvalue weighted by atomic mass is 19.2. The first-order valence-electron chi connectivity index (χ1n) is 11.0. The van der Waals surface area contributed by atoms with Crippen LogP contribution in [0.1, 0.15) is 41.6 Å². The third-order valence-electron chi connectivity index (χ3n) is 6.71. The van der Waals surface area contributed by atoms with Crippen molar-refractivity contribution in [2.45, 2.75) is 50.2 Å². The topological polar surface area (TPSA) is 75.4 Å². The van der Waals surface area contributed by atoms with Crippen LogP contribution in [-0.4, -0.2) is 41.4 Å². The lowest BCUT2D eigenvalue weighted by atomic mass is 9.82. The van der Waals surface area contributed by atoms with E-state index >= 15 is 0 Å². The van der Waals surface area contributed by atoms with Crippen LogP contribution < -0.4 is 11.1 Å². The number of piperidine rings is 1. The maximum atomic E-state index is 14.0. The first-order valence-corrected chi connectivity index (χ1v) is 11.0. The van der Waals surface area contributed by atoms with E-state index < -0.39 is 35.2 Å². The summed E-state index contributed by atoms with van der Waals surface area (Å²) in [7, 11) is 0. The molecule has 2 aromatic carbocycles. The molecule has 0 aromatic heterocycles. The zero-order valence-corrected chi connectivity index (χ0v) is 17.9. The maximum Gasteiger partial charge on any atom is 0.251 e. The number of nitrogens with two attached hydrogens (primary N) is 1. The van der Waals surface area contributed by atoms with E-state index in [2.05, 4.69) is 5.32 Å². The highest BCUT2D eigenvalue weighted by Gasteiger charge is 2.44. The molecule has 2 aliphatic heterocycles. The molecule has 2 aromatic rings. The maximum absolute atomic E-state index is 14.0. The van der Waals surface area contributed by atoms with Gasteiger partial charge in [0.1, 0.15) is 11.6 Å². The fourth-order valence-corrected chi connectivity index (χ4v) is 5.07. The van der Waals surface area contributed by atoms with E-state index in [1.54, 1.807) is 4.90 Å². The second-order valence-electron chi connectivity index (χ2n) is 8.83. The Morgan fingerprint density at radius 1 is 0.970 bits per heavy atom. The predicted molar refractivity (Wildman–Crippen MR) is 113 cm³/mol. The molecule has 2 heterocycles. The van der Waals surface area contributed by atoms with E-state index in [0.29, 0.717) is 18.9 Å². The second kappa shape index (κ2) is 9.51. The van der Waals surface area contributed by atoms with Gasteiger partial charge in [0.25, 0.3) is 5.91 Å².